The molecule has 0 saturated carbocycles. The SMILES string of the molecule is CC(=O)C(O)[C@@H]1C=C2c3cccc4[nH]cc(c34)C[C@H]2N(C)C1. The Morgan fingerprint density at radius 2 is 2.27 bits per heavy atom. The highest BCUT2D eigenvalue weighted by atomic mass is 16.3. The van der Waals surface area contributed by atoms with Crippen LogP contribution in [-0.2, 0) is 11.2 Å². The molecule has 1 aliphatic heterocycles. The molecule has 2 aliphatic rings. The summed E-state index contributed by atoms with van der Waals surface area (Å²) in [6.45, 7) is 2.17. The highest BCUT2D eigenvalue weighted by molar-refractivity contribution is 5.98. The van der Waals surface area contributed by atoms with Gasteiger partial charge in [0, 0.05) is 35.6 Å². The molecule has 4 nitrogen and oxygen atoms in total. The Labute approximate surface area is 129 Å². The van der Waals surface area contributed by atoms with Gasteiger partial charge in [0.15, 0.2) is 5.78 Å². The van der Waals surface area contributed by atoms with E-state index < -0.39 is 6.10 Å². The van der Waals surface area contributed by atoms with Gasteiger partial charge < -0.3 is 10.1 Å². The van der Waals surface area contributed by atoms with Gasteiger partial charge in [-0.25, -0.2) is 0 Å². The number of aliphatic hydroxyl groups is 1. The van der Waals surface area contributed by atoms with Crippen molar-refractivity contribution in [3.05, 3.63) is 41.6 Å². The number of H-pyrrole nitrogens is 1. The Kier molecular flexibility index (Phi) is 2.99. The number of carbonyl (C=O) groups excluding carboxylic acids is 1. The largest absolute Gasteiger partial charge is 0.385 e. The van der Waals surface area contributed by atoms with Crippen molar-refractivity contribution in [2.45, 2.75) is 25.5 Å². The zero-order valence-electron chi connectivity index (χ0n) is 12.8. The maximum atomic E-state index is 11.6. The topological polar surface area (TPSA) is 56.3 Å². The molecule has 3 atom stereocenters. The van der Waals surface area contributed by atoms with Gasteiger partial charge in [-0.2, -0.15) is 0 Å². The van der Waals surface area contributed by atoms with Gasteiger partial charge in [0.05, 0.1) is 0 Å². The van der Waals surface area contributed by atoms with Crippen LogP contribution in [0, 0.1) is 5.92 Å². The number of ketones is 1. The normalized spacial score (nSPS) is 25.7. The van der Waals surface area contributed by atoms with Crippen molar-refractivity contribution in [2.24, 2.45) is 5.92 Å². The smallest absolute Gasteiger partial charge is 0.158 e. The first-order chi connectivity index (χ1) is 10.6. The number of benzene rings is 1. The molecule has 2 aromatic rings. The highest BCUT2D eigenvalue weighted by Crippen LogP contribution is 2.41. The second-order valence-electron chi connectivity index (χ2n) is 6.54. The number of likely N-dealkylation sites (N-methyl/N-ethyl adjacent to an activating group) is 1. The summed E-state index contributed by atoms with van der Waals surface area (Å²) in [5.74, 6) is -0.297. The van der Waals surface area contributed by atoms with Crippen molar-refractivity contribution in [3.63, 3.8) is 0 Å². The van der Waals surface area contributed by atoms with E-state index in [-0.39, 0.29) is 11.7 Å². The third-order valence-corrected chi connectivity index (χ3v) is 5.12. The molecular weight excluding hydrogens is 276 g/mol. The lowest BCUT2D eigenvalue weighted by Crippen LogP contribution is -2.46. The number of aliphatic hydroxyl groups excluding tert-OH is 1. The van der Waals surface area contributed by atoms with Gasteiger partial charge in [0.1, 0.15) is 6.10 Å². The van der Waals surface area contributed by atoms with Gasteiger partial charge in [0.25, 0.3) is 0 Å². The molecule has 22 heavy (non-hydrogen) atoms. The van der Waals surface area contributed by atoms with E-state index in [1.165, 1.54) is 29.0 Å². The van der Waals surface area contributed by atoms with Crippen molar-refractivity contribution in [1.82, 2.24) is 9.88 Å². The lowest BCUT2D eigenvalue weighted by Gasteiger charge is -2.40. The minimum absolute atomic E-state index is 0.135. The molecule has 2 heterocycles. The third-order valence-electron chi connectivity index (χ3n) is 5.12. The van der Waals surface area contributed by atoms with Crippen molar-refractivity contribution in [3.8, 4) is 0 Å². The molecule has 4 rings (SSSR count). The van der Waals surface area contributed by atoms with E-state index in [9.17, 15) is 9.90 Å². The van der Waals surface area contributed by atoms with E-state index >= 15 is 0 Å². The number of aromatic amines is 1. The van der Waals surface area contributed by atoms with Crippen molar-refractivity contribution < 1.29 is 9.90 Å². The molecule has 0 amide bonds. The third kappa shape index (κ3) is 1.87. The van der Waals surface area contributed by atoms with Crippen LogP contribution in [0.1, 0.15) is 18.1 Å². The standard InChI is InChI=1S/C18H20N2O2/c1-10(21)18(22)12-6-14-13-4-3-5-15-17(13)11(8-19-15)7-16(14)20(2)9-12/h3-6,8,12,16,18-19,22H,7,9H2,1-2H3/t12-,16-,18?/m1/s1. The number of Topliss-reactive ketones (excluding diaryl/α,β-unsaturated/α-hetero) is 1. The molecule has 0 bridgehead atoms. The maximum Gasteiger partial charge on any atom is 0.158 e. The van der Waals surface area contributed by atoms with Crippen LogP contribution in [0.2, 0.25) is 0 Å². The monoisotopic (exact) mass is 296 g/mol. The Hall–Kier alpha value is -1.91. The van der Waals surface area contributed by atoms with Crippen LogP contribution in [-0.4, -0.2) is 46.5 Å². The average Bonchev–Trinajstić information content (AvgIpc) is 2.92. The quantitative estimate of drug-likeness (QED) is 0.891. The molecule has 1 aromatic heterocycles. The fraction of sp³-hybridized carbons (Fsp3) is 0.389. The summed E-state index contributed by atoms with van der Waals surface area (Å²) in [5, 5.41) is 11.5. The number of carbonyl (C=O) groups is 1. The Bertz CT molecular complexity index is 789. The van der Waals surface area contributed by atoms with Crippen LogP contribution < -0.4 is 0 Å². The molecule has 2 N–H and O–H groups in total. The first-order valence-electron chi connectivity index (χ1n) is 7.76. The van der Waals surface area contributed by atoms with E-state index in [2.05, 4.69) is 47.4 Å². The fourth-order valence-electron chi connectivity index (χ4n) is 3.98. The number of fused-ring (bicyclic) bond motifs is 2. The predicted molar refractivity (Wildman–Crippen MR) is 86.6 cm³/mol. The van der Waals surface area contributed by atoms with E-state index in [4.69, 9.17) is 0 Å². The van der Waals surface area contributed by atoms with Gasteiger partial charge in [-0.05, 0) is 43.2 Å². The van der Waals surface area contributed by atoms with Crippen LogP contribution in [0.3, 0.4) is 0 Å². The van der Waals surface area contributed by atoms with Crippen molar-refractivity contribution in [2.75, 3.05) is 13.6 Å². The molecule has 0 spiro atoms. The summed E-state index contributed by atoms with van der Waals surface area (Å²) in [6, 6.07) is 6.63. The Morgan fingerprint density at radius 1 is 1.45 bits per heavy atom. The van der Waals surface area contributed by atoms with E-state index in [0.717, 1.165) is 11.9 Å². The van der Waals surface area contributed by atoms with Gasteiger partial charge in [0.2, 0.25) is 0 Å². The second kappa shape index (κ2) is 4.80. The van der Waals surface area contributed by atoms with Gasteiger partial charge in [-0.15, -0.1) is 0 Å². The molecule has 1 unspecified atom stereocenters. The van der Waals surface area contributed by atoms with Gasteiger partial charge in [-0.1, -0.05) is 18.2 Å². The van der Waals surface area contributed by atoms with Crippen LogP contribution in [0.15, 0.2) is 30.5 Å². The maximum absolute atomic E-state index is 11.6. The summed E-state index contributed by atoms with van der Waals surface area (Å²) in [4.78, 5) is 17.2. The second-order valence-corrected chi connectivity index (χ2v) is 6.54. The molecule has 0 radical (unpaired) electrons. The lowest BCUT2D eigenvalue weighted by atomic mass is 9.78. The number of hydrogen-bond acceptors (Lipinski definition) is 3. The van der Waals surface area contributed by atoms with Crippen molar-refractivity contribution in [1.29, 1.82) is 0 Å². The molecule has 0 saturated heterocycles. The first-order valence-corrected chi connectivity index (χ1v) is 7.76. The van der Waals surface area contributed by atoms with Crippen LogP contribution in [0.5, 0.6) is 0 Å². The van der Waals surface area contributed by atoms with Crippen LogP contribution in [0.25, 0.3) is 16.5 Å². The summed E-state index contributed by atoms with van der Waals surface area (Å²) in [6.07, 6.45) is 4.29. The number of rotatable bonds is 2. The highest BCUT2D eigenvalue weighted by Gasteiger charge is 2.36. The number of nitrogens with one attached hydrogen (secondary N) is 1. The summed E-state index contributed by atoms with van der Waals surface area (Å²) in [5.41, 5.74) is 4.99. The Morgan fingerprint density at radius 3 is 3.05 bits per heavy atom. The summed E-state index contributed by atoms with van der Waals surface area (Å²) < 4.78 is 0. The van der Waals surface area contributed by atoms with Crippen molar-refractivity contribution >= 4 is 22.3 Å². The zero-order valence-corrected chi connectivity index (χ0v) is 12.8. The molecule has 1 aromatic carbocycles. The molecule has 0 fully saturated rings. The van der Waals surface area contributed by atoms with E-state index in [1.54, 1.807) is 0 Å². The summed E-state index contributed by atoms with van der Waals surface area (Å²) in [7, 11) is 2.08. The van der Waals surface area contributed by atoms with Crippen LogP contribution >= 0.6 is 0 Å². The molecular formula is C18H20N2O2. The Balaban J connectivity index is 1.88. The lowest BCUT2D eigenvalue weighted by molar-refractivity contribution is -0.127. The zero-order chi connectivity index (χ0) is 15.4. The van der Waals surface area contributed by atoms with E-state index in [0.29, 0.717) is 12.6 Å². The average molecular weight is 296 g/mol. The van der Waals surface area contributed by atoms with Crippen LogP contribution in [0.4, 0.5) is 0 Å². The number of aromatic nitrogens is 1. The predicted octanol–water partition coefficient (Wildman–Crippen LogP) is 1.99. The minimum Gasteiger partial charge on any atom is -0.385 e. The summed E-state index contributed by atoms with van der Waals surface area (Å²) >= 11 is 0. The molecule has 1 aliphatic carbocycles. The first kappa shape index (κ1) is 13.7. The van der Waals surface area contributed by atoms with Gasteiger partial charge >= 0.3 is 0 Å². The molecule has 114 valence electrons. The number of hydrogen-bond donors (Lipinski definition) is 2. The fourth-order valence-corrected chi connectivity index (χ4v) is 3.98. The number of nitrogens with zero attached hydrogens (tertiary/aromatic N) is 1. The minimum atomic E-state index is -0.914. The molecule has 4 heteroatoms. The van der Waals surface area contributed by atoms with E-state index in [1.807, 2.05) is 0 Å². The van der Waals surface area contributed by atoms with Gasteiger partial charge in [-0.3, -0.25) is 9.69 Å².